The molecule has 0 radical (unpaired) electrons. The lowest BCUT2D eigenvalue weighted by Gasteiger charge is -2.00. The molecular formula is C14H12N2O2. The van der Waals surface area contributed by atoms with E-state index >= 15 is 0 Å². The maximum Gasteiger partial charge on any atom is 0.358 e. The zero-order valence-electron chi connectivity index (χ0n) is 9.96. The van der Waals surface area contributed by atoms with Crippen molar-refractivity contribution >= 4 is 22.5 Å². The molecule has 0 aliphatic carbocycles. The number of aromatic nitrogens is 2. The number of imidazole rings is 1. The van der Waals surface area contributed by atoms with Gasteiger partial charge in [0, 0.05) is 6.20 Å². The van der Waals surface area contributed by atoms with Crippen molar-refractivity contribution in [3.05, 3.63) is 48.3 Å². The molecule has 2 heterocycles. The first-order valence-corrected chi connectivity index (χ1v) is 5.83. The largest absolute Gasteiger partial charge is 0.461 e. The van der Waals surface area contributed by atoms with Crippen LogP contribution in [0.5, 0.6) is 0 Å². The highest BCUT2D eigenvalue weighted by Gasteiger charge is 2.12. The van der Waals surface area contributed by atoms with Gasteiger partial charge in [-0.15, -0.1) is 0 Å². The Morgan fingerprint density at radius 1 is 1.28 bits per heavy atom. The van der Waals surface area contributed by atoms with Gasteiger partial charge in [-0.25, -0.2) is 9.78 Å². The highest BCUT2D eigenvalue weighted by molar-refractivity contribution is 5.89. The zero-order valence-corrected chi connectivity index (χ0v) is 9.96. The highest BCUT2D eigenvalue weighted by Crippen LogP contribution is 2.17. The third-order valence-electron chi connectivity index (χ3n) is 2.83. The third kappa shape index (κ3) is 1.62. The van der Waals surface area contributed by atoms with E-state index in [0.717, 1.165) is 16.6 Å². The number of rotatable bonds is 2. The van der Waals surface area contributed by atoms with Crippen LogP contribution in [0.3, 0.4) is 0 Å². The van der Waals surface area contributed by atoms with Crippen LogP contribution in [0.2, 0.25) is 0 Å². The minimum Gasteiger partial charge on any atom is -0.461 e. The van der Waals surface area contributed by atoms with Crippen LogP contribution in [0.1, 0.15) is 17.4 Å². The Morgan fingerprint density at radius 3 is 2.94 bits per heavy atom. The predicted octanol–water partition coefficient (Wildman–Crippen LogP) is 2.66. The van der Waals surface area contributed by atoms with Gasteiger partial charge in [-0.2, -0.15) is 0 Å². The van der Waals surface area contributed by atoms with E-state index in [9.17, 15) is 4.79 Å². The van der Waals surface area contributed by atoms with Crippen LogP contribution < -0.4 is 0 Å². The number of ether oxygens (including phenoxy) is 1. The number of pyridine rings is 1. The number of fused-ring (bicyclic) bond motifs is 3. The Bertz CT molecular complexity index is 731. The quantitative estimate of drug-likeness (QED) is 0.647. The SMILES string of the molecule is CCOC(=O)c1cn2c(ccc3ccccc32)n1. The van der Waals surface area contributed by atoms with E-state index < -0.39 is 0 Å². The molecule has 0 atom stereocenters. The summed E-state index contributed by atoms with van der Waals surface area (Å²) in [7, 11) is 0. The van der Waals surface area contributed by atoms with E-state index in [1.807, 2.05) is 40.8 Å². The molecule has 0 bridgehead atoms. The van der Waals surface area contributed by atoms with Crippen molar-refractivity contribution in [3.8, 4) is 0 Å². The molecule has 0 spiro atoms. The van der Waals surface area contributed by atoms with E-state index in [0.29, 0.717) is 12.3 Å². The van der Waals surface area contributed by atoms with Gasteiger partial charge >= 0.3 is 5.97 Å². The van der Waals surface area contributed by atoms with Crippen molar-refractivity contribution in [3.63, 3.8) is 0 Å². The molecule has 0 fully saturated rings. The zero-order chi connectivity index (χ0) is 12.5. The van der Waals surface area contributed by atoms with Gasteiger partial charge in [0.2, 0.25) is 0 Å². The lowest BCUT2D eigenvalue weighted by Crippen LogP contribution is -2.04. The Morgan fingerprint density at radius 2 is 2.11 bits per heavy atom. The number of nitrogens with zero attached hydrogens (tertiary/aromatic N) is 2. The van der Waals surface area contributed by atoms with E-state index in [4.69, 9.17) is 4.74 Å². The normalized spacial score (nSPS) is 10.9. The minimum absolute atomic E-state index is 0.341. The molecule has 4 nitrogen and oxygen atoms in total. The average Bonchev–Trinajstić information content (AvgIpc) is 2.83. The van der Waals surface area contributed by atoms with Gasteiger partial charge in [-0.05, 0) is 30.5 Å². The smallest absolute Gasteiger partial charge is 0.358 e. The molecule has 3 aromatic rings. The molecular weight excluding hydrogens is 228 g/mol. The van der Waals surface area contributed by atoms with E-state index in [1.54, 1.807) is 13.1 Å². The van der Waals surface area contributed by atoms with Crippen LogP contribution in [0.25, 0.3) is 16.6 Å². The summed E-state index contributed by atoms with van der Waals surface area (Å²) in [6, 6.07) is 11.9. The van der Waals surface area contributed by atoms with E-state index in [1.165, 1.54) is 0 Å². The Hall–Kier alpha value is -2.36. The van der Waals surface area contributed by atoms with E-state index in [-0.39, 0.29) is 5.97 Å². The van der Waals surface area contributed by atoms with Gasteiger partial charge in [-0.3, -0.25) is 4.40 Å². The molecule has 3 rings (SSSR count). The van der Waals surface area contributed by atoms with Crippen LogP contribution in [-0.2, 0) is 4.74 Å². The number of para-hydroxylation sites is 1. The van der Waals surface area contributed by atoms with Gasteiger partial charge in [0.25, 0.3) is 0 Å². The fraction of sp³-hybridized carbons (Fsp3) is 0.143. The topological polar surface area (TPSA) is 43.6 Å². The summed E-state index contributed by atoms with van der Waals surface area (Å²) in [6.45, 7) is 2.14. The van der Waals surface area contributed by atoms with Crippen molar-refractivity contribution < 1.29 is 9.53 Å². The number of benzene rings is 1. The first kappa shape index (κ1) is 10.8. The molecule has 0 aliphatic heterocycles. The summed E-state index contributed by atoms with van der Waals surface area (Å²) in [5.74, 6) is -0.384. The average molecular weight is 240 g/mol. The van der Waals surface area contributed by atoms with Crippen LogP contribution in [0.15, 0.2) is 42.6 Å². The first-order valence-electron chi connectivity index (χ1n) is 5.83. The summed E-state index contributed by atoms with van der Waals surface area (Å²) in [6.07, 6.45) is 1.72. The van der Waals surface area contributed by atoms with E-state index in [2.05, 4.69) is 4.98 Å². The van der Waals surface area contributed by atoms with Gasteiger partial charge < -0.3 is 4.74 Å². The molecule has 0 saturated heterocycles. The van der Waals surface area contributed by atoms with Crippen LogP contribution in [-0.4, -0.2) is 22.0 Å². The second-order valence-electron chi connectivity index (χ2n) is 3.97. The Balaban J connectivity index is 2.22. The number of hydrogen-bond donors (Lipinski definition) is 0. The number of carbonyl (C=O) groups is 1. The van der Waals surface area contributed by atoms with Gasteiger partial charge in [0.15, 0.2) is 5.69 Å². The summed E-state index contributed by atoms with van der Waals surface area (Å²) < 4.78 is 6.86. The Kier molecular flexibility index (Phi) is 2.48. The molecule has 0 amide bonds. The summed E-state index contributed by atoms with van der Waals surface area (Å²) in [4.78, 5) is 15.9. The minimum atomic E-state index is -0.384. The van der Waals surface area contributed by atoms with Crippen LogP contribution in [0, 0.1) is 0 Å². The monoisotopic (exact) mass is 240 g/mol. The molecule has 0 unspecified atom stereocenters. The maximum absolute atomic E-state index is 11.7. The van der Waals surface area contributed by atoms with Crippen LogP contribution in [0.4, 0.5) is 0 Å². The Labute approximate surface area is 104 Å². The maximum atomic E-state index is 11.7. The molecule has 2 aromatic heterocycles. The summed E-state index contributed by atoms with van der Waals surface area (Å²) in [5, 5.41) is 1.11. The van der Waals surface area contributed by atoms with Gasteiger partial charge in [-0.1, -0.05) is 18.2 Å². The fourth-order valence-corrected chi connectivity index (χ4v) is 2.02. The predicted molar refractivity (Wildman–Crippen MR) is 68.7 cm³/mol. The second kappa shape index (κ2) is 4.14. The lowest BCUT2D eigenvalue weighted by molar-refractivity contribution is 0.0520. The number of carbonyl (C=O) groups excluding carboxylic acids is 1. The van der Waals surface area contributed by atoms with Crippen molar-refractivity contribution in [2.45, 2.75) is 6.92 Å². The molecule has 90 valence electrons. The first-order chi connectivity index (χ1) is 8.79. The molecule has 18 heavy (non-hydrogen) atoms. The van der Waals surface area contributed by atoms with Crippen molar-refractivity contribution in [1.29, 1.82) is 0 Å². The van der Waals surface area contributed by atoms with Gasteiger partial charge in [0.05, 0.1) is 12.1 Å². The third-order valence-corrected chi connectivity index (χ3v) is 2.83. The number of esters is 1. The van der Waals surface area contributed by atoms with Crippen LogP contribution >= 0.6 is 0 Å². The summed E-state index contributed by atoms with van der Waals surface area (Å²) in [5.41, 5.74) is 2.11. The molecule has 0 aliphatic rings. The van der Waals surface area contributed by atoms with Crippen molar-refractivity contribution in [2.24, 2.45) is 0 Å². The molecule has 0 saturated carbocycles. The molecule has 1 aromatic carbocycles. The van der Waals surface area contributed by atoms with Crippen molar-refractivity contribution in [2.75, 3.05) is 6.61 Å². The molecule has 4 heteroatoms. The lowest BCUT2D eigenvalue weighted by atomic mass is 10.2. The molecule has 0 N–H and O–H groups in total. The summed E-state index contributed by atoms with van der Waals surface area (Å²) >= 11 is 0. The highest BCUT2D eigenvalue weighted by atomic mass is 16.5. The standard InChI is InChI=1S/C14H12N2O2/c1-2-18-14(17)11-9-16-12-6-4-3-5-10(12)7-8-13(16)15-11/h3-9H,2H2,1H3. The number of hydrogen-bond acceptors (Lipinski definition) is 3. The fourth-order valence-electron chi connectivity index (χ4n) is 2.02. The second-order valence-corrected chi connectivity index (χ2v) is 3.97. The van der Waals surface area contributed by atoms with Gasteiger partial charge in [0.1, 0.15) is 5.65 Å². The van der Waals surface area contributed by atoms with Crippen molar-refractivity contribution in [1.82, 2.24) is 9.38 Å².